The quantitative estimate of drug-likeness (QED) is 0.0544. The van der Waals surface area contributed by atoms with Gasteiger partial charge in [-0.05, 0) is 92.5 Å². The van der Waals surface area contributed by atoms with Crippen LogP contribution in [0.4, 0.5) is 5.69 Å². The lowest BCUT2D eigenvalue weighted by Crippen LogP contribution is -2.49. The molecule has 1 unspecified atom stereocenters. The molecule has 10 N–H and O–H groups in total. The van der Waals surface area contributed by atoms with Gasteiger partial charge in [0.15, 0.2) is 0 Å². The van der Waals surface area contributed by atoms with Crippen molar-refractivity contribution in [2.75, 3.05) is 25.0 Å². The molecule has 3 aromatic rings. The minimum absolute atomic E-state index is 0.0197. The van der Waals surface area contributed by atoms with E-state index in [-0.39, 0.29) is 40.7 Å². The third-order valence-electron chi connectivity index (χ3n) is 8.04. The zero-order valence-electron chi connectivity index (χ0n) is 28.9. The molecule has 0 spiro atoms. The van der Waals surface area contributed by atoms with Gasteiger partial charge in [-0.3, -0.25) is 33.5 Å². The molecule has 1 saturated heterocycles. The number of benzene rings is 2. The van der Waals surface area contributed by atoms with Gasteiger partial charge in [0.05, 0.1) is 6.10 Å². The van der Waals surface area contributed by atoms with Crippen LogP contribution >= 0.6 is 0 Å². The molecule has 0 aliphatic carbocycles. The molecule has 294 valence electrons. The highest BCUT2D eigenvalue weighted by Gasteiger charge is 2.25. The Balaban J connectivity index is 0.000000411. The van der Waals surface area contributed by atoms with Crippen LogP contribution in [-0.2, 0) is 49.6 Å². The standard InChI is InChI=1S/C20H21NO9S3.C10H20N4O4.CH2O/c1-4-21-17-9-18(31(22,23)24)14-7-8-16-12(3)15(6-5-13(17)11(14)2)19(32(25,26)27)10-20(16)33(28,29)30;11-13-10(17)8(1-2-9(15)16)14-18-7-3-5-12-6-4-7;1-2/h5-10,21H,4H2,1-3H3,(H,22,23,24)(H,25,26,27)(H,28,29,30);7-8,12,14H,1-6,11H2,(H,13,17)(H,15,16);1H2. The average Bonchev–Trinajstić information content (AvgIpc) is 3.07. The Morgan fingerprint density at radius 3 is 1.70 bits per heavy atom. The van der Waals surface area contributed by atoms with Gasteiger partial charge in [0.2, 0.25) is 0 Å². The summed E-state index contributed by atoms with van der Waals surface area (Å²) >= 11 is 0. The summed E-state index contributed by atoms with van der Waals surface area (Å²) in [5.41, 5.74) is 5.42. The summed E-state index contributed by atoms with van der Waals surface area (Å²) in [5.74, 6) is 3.59. The SMILES string of the molecule is C=O.CCNc1cc(S(=O)(=O)O)c2ccc3c(S(=O)(=O)O)cc(S(=O)(=O)O)c(ccc1c2C)c3C.NNC(=O)C(CCC(=O)O)NOC1CCNCC1. The van der Waals surface area contributed by atoms with Crippen molar-refractivity contribution >= 4 is 76.3 Å². The zero-order valence-corrected chi connectivity index (χ0v) is 31.4. The Hall–Kier alpha value is -4.10. The second-order valence-electron chi connectivity index (χ2n) is 11.5. The lowest BCUT2D eigenvalue weighted by atomic mass is 10.0. The van der Waals surface area contributed by atoms with Gasteiger partial charge in [-0.1, -0.05) is 24.3 Å². The maximum Gasteiger partial charge on any atom is 0.303 e. The number of nitrogens with two attached hydrogens (primary N) is 1. The van der Waals surface area contributed by atoms with Gasteiger partial charge in [0, 0.05) is 24.0 Å². The topological polar surface area (TPSA) is 318 Å². The number of carboxylic acids is 1. The summed E-state index contributed by atoms with van der Waals surface area (Å²) in [6.45, 7) is 8.88. The number of carbonyl (C=O) groups is 3. The van der Waals surface area contributed by atoms with E-state index >= 15 is 0 Å². The number of amides is 1. The van der Waals surface area contributed by atoms with Gasteiger partial charge in [0.1, 0.15) is 27.5 Å². The van der Waals surface area contributed by atoms with Crippen molar-refractivity contribution in [1.29, 1.82) is 0 Å². The van der Waals surface area contributed by atoms with Crippen molar-refractivity contribution in [3.05, 3.63) is 47.5 Å². The van der Waals surface area contributed by atoms with Crippen molar-refractivity contribution in [3.63, 3.8) is 0 Å². The number of aliphatic carboxylic acids is 1. The Morgan fingerprint density at radius 2 is 1.28 bits per heavy atom. The minimum Gasteiger partial charge on any atom is -0.481 e. The molecular formula is C31H43N5O14S3. The Morgan fingerprint density at radius 1 is 0.849 bits per heavy atom. The van der Waals surface area contributed by atoms with E-state index in [2.05, 4.69) is 16.1 Å². The van der Waals surface area contributed by atoms with E-state index < -0.39 is 63.0 Å². The van der Waals surface area contributed by atoms with Crippen LogP contribution in [0, 0.1) is 13.8 Å². The van der Waals surface area contributed by atoms with Gasteiger partial charge in [-0.25, -0.2) is 5.84 Å². The molecule has 1 fully saturated rings. The summed E-state index contributed by atoms with van der Waals surface area (Å²) < 4.78 is 101. The van der Waals surface area contributed by atoms with E-state index in [0.29, 0.717) is 29.2 Å². The largest absolute Gasteiger partial charge is 0.481 e. The number of anilines is 1. The van der Waals surface area contributed by atoms with Crippen molar-refractivity contribution in [1.82, 2.24) is 16.2 Å². The first kappa shape index (κ1) is 45.1. The predicted molar refractivity (Wildman–Crippen MR) is 194 cm³/mol. The summed E-state index contributed by atoms with van der Waals surface area (Å²) in [4.78, 5) is 33.4. The van der Waals surface area contributed by atoms with Gasteiger partial charge < -0.3 is 20.5 Å². The van der Waals surface area contributed by atoms with Gasteiger partial charge in [0.25, 0.3) is 36.3 Å². The molecule has 1 atom stereocenters. The molecule has 3 aromatic carbocycles. The fourth-order valence-electron chi connectivity index (χ4n) is 5.46. The van der Waals surface area contributed by atoms with E-state index in [4.69, 9.17) is 20.6 Å². The van der Waals surface area contributed by atoms with Crippen LogP contribution in [0.1, 0.15) is 43.7 Å². The smallest absolute Gasteiger partial charge is 0.303 e. The van der Waals surface area contributed by atoms with Crippen LogP contribution in [0.2, 0.25) is 0 Å². The highest BCUT2D eigenvalue weighted by Crippen LogP contribution is 2.35. The number of aryl methyl sites for hydroxylation is 2. The lowest BCUT2D eigenvalue weighted by Gasteiger charge is -2.25. The third-order valence-corrected chi connectivity index (χ3v) is 10.7. The molecule has 0 saturated carbocycles. The number of hydrogen-bond acceptors (Lipinski definition) is 14. The second kappa shape index (κ2) is 19.3. The van der Waals surface area contributed by atoms with Crippen LogP contribution in [0.3, 0.4) is 0 Å². The molecule has 1 aliphatic rings. The van der Waals surface area contributed by atoms with E-state index in [1.165, 1.54) is 37.3 Å². The summed E-state index contributed by atoms with van der Waals surface area (Å²) in [6, 6.07) is 6.37. The number of hydrogen-bond donors (Lipinski definition) is 9. The molecule has 4 rings (SSSR count). The zero-order chi connectivity index (χ0) is 40.3. The first-order valence-electron chi connectivity index (χ1n) is 15.7. The van der Waals surface area contributed by atoms with Gasteiger partial charge >= 0.3 is 5.97 Å². The number of carbonyl (C=O) groups excluding carboxylic acids is 2. The van der Waals surface area contributed by atoms with E-state index in [1.807, 2.05) is 12.2 Å². The maximum atomic E-state index is 12.1. The molecule has 19 nitrogen and oxygen atoms in total. The van der Waals surface area contributed by atoms with Crippen molar-refractivity contribution in [2.45, 2.75) is 73.3 Å². The van der Waals surface area contributed by atoms with Crippen molar-refractivity contribution in [2.24, 2.45) is 5.84 Å². The summed E-state index contributed by atoms with van der Waals surface area (Å²) in [6.07, 6.45) is 1.74. The maximum absolute atomic E-state index is 12.1. The Bertz CT molecular complexity index is 2180. The number of hydrazine groups is 1. The monoisotopic (exact) mass is 805 g/mol. The normalized spacial score (nSPS) is 14.2. The predicted octanol–water partition coefficient (Wildman–Crippen LogP) is 1.64. The molecule has 1 amide bonds. The second-order valence-corrected chi connectivity index (χ2v) is 15.7. The molecule has 22 heteroatoms. The van der Waals surface area contributed by atoms with Gasteiger partial charge in [-0.15, -0.1) is 0 Å². The average molecular weight is 806 g/mol. The highest BCUT2D eigenvalue weighted by molar-refractivity contribution is 7.87. The van der Waals surface area contributed by atoms with Gasteiger partial charge in [-0.2, -0.15) is 30.7 Å². The summed E-state index contributed by atoms with van der Waals surface area (Å²) in [7, 11) is -14.5. The molecule has 0 radical (unpaired) electrons. The molecular weight excluding hydrogens is 763 g/mol. The molecule has 0 aromatic heterocycles. The Kier molecular flexibility index (Phi) is 16.4. The van der Waals surface area contributed by atoms with E-state index in [1.54, 1.807) is 13.8 Å². The Labute approximate surface area is 306 Å². The number of carboxylic acid groups (broad SMARTS) is 1. The highest BCUT2D eigenvalue weighted by atomic mass is 32.2. The fourth-order valence-corrected chi connectivity index (χ4v) is 7.83. The first-order chi connectivity index (χ1) is 24.7. The molecule has 4 bridgehead atoms. The first-order valence-corrected chi connectivity index (χ1v) is 20.0. The summed E-state index contributed by atoms with van der Waals surface area (Å²) in [5, 5.41) is 15.2. The number of piperidine rings is 1. The van der Waals surface area contributed by atoms with E-state index in [0.717, 1.165) is 25.9 Å². The minimum atomic E-state index is -4.94. The van der Waals surface area contributed by atoms with Crippen LogP contribution in [0.5, 0.6) is 0 Å². The lowest BCUT2D eigenvalue weighted by molar-refractivity contribution is -0.138. The number of fused-ring (bicyclic) bond motifs is 4. The van der Waals surface area contributed by atoms with Crippen LogP contribution in [0.25, 0.3) is 21.5 Å². The third kappa shape index (κ3) is 12.2. The van der Waals surface area contributed by atoms with Crippen LogP contribution < -0.4 is 27.4 Å². The number of hydroxylamine groups is 1. The fraction of sp³-hybridized carbons (Fsp3) is 0.387. The molecule has 1 aliphatic heterocycles. The van der Waals surface area contributed by atoms with Crippen molar-refractivity contribution in [3.8, 4) is 0 Å². The van der Waals surface area contributed by atoms with Crippen molar-refractivity contribution < 1.29 is 63.2 Å². The van der Waals surface area contributed by atoms with Crippen LogP contribution in [-0.4, -0.2) is 94.5 Å². The number of rotatable bonds is 12. The van der Waals surface area contributed by atoms with Crippen LogP contribution in [0.15, 0.2) is 51.1 Å². The number of nitrogens with one attached hydrogen (secondary N) is 4. The van der Waals surface area contributed by atoms with E-state index in [9.17, 15) is 48.5 Å². The molecule has 53 heavy (non-hydrogen) atoms. The molecule has 1 heterocycles.